The average molecular weight is 371 g/mol. The smallest absolute Gasteiger partial charge is 0.306 e. The number of piperidine rings is 1. The normalized spacial score (nSPS) is 14.6. The van der Waals surface area contributed by atoms with Gasteiger partial charge < -0.3 is 15.3 Å². The van der Waals surface area contributed by atoms with E-state index in [1.165, 1.54) is 6.20 Å². The molecule has 2 N–H and O–H groups in total. The molecular weight excluding hydrogens is 353 g/mol. The molecule has 1 fully saturated rings. The number of nitrogens with one attached hydrogen (secondary N) is 1. The molecule has 27 heavy (non-hydrogen) atoms. The Hall–Kier alpha value is -3.29. The van der Waals surface area contributed by atoms with E-state index in [9.17, 15) is 18.8 Å². The lowest BCUT2D eigenvalue weighted by Gasteiger charge is -2.30. The third kappa shape index (κ3) is 4.46. The summed E-state index contributed by atoms with van der Waals surface area (Å²) in [7, 11) is 0. The molecule has 3 rings (SSSR count). The minimum Gasteiger partial charge on any atom is -0.481 e. The molecule has 8 heteroatoms. The van der Waals surface area contributed by atoms with E-state index in [1.54, 1.807) is 29.2 Å². The van der Waals surface area contributed by atoms with Crippen molar-refractivity contribution in [3.8, 4) is 0 Å². The van der Waals surface area contributed by atoms with Gasteiger partial charge in [-0.05, 0) is 43.2 Å². The minimum atomic E-state index is -0.823. The van der Waals surface area contributed by atoms with Crippen LogP contribution in [-0.2, 0) is 4.79 Å². The lowest BCUT2D eigenvalue weighted by Crippen LogP contribution is -2.40. The van der Waals surface area contributed by atoms with Gasteiger partial charge in [0.15, 0.2) is 0 Å². The summed E-state index contributed by atoms with van der Waals surface area (Å²) in [6, 6.07) is 7.43. The number of carbonyl (C=O) groups is 3. The molecular formula is C19H18FN3O4. The van der Waals surface area contributed by atoms with Gasteiger partial charge >= 0.3 is 5.97 Å². The van der Waals surface area contributed by atoms with Crippen LogP contribution >= 0.6 is 0 Å². The van der Waals surface area contributed by atoms with Gasteiger partial charge in [-0.25, -0.2) is 4.39 Å². The fourth-order valence-electron chi connectivity index (χ4n) is 2.95. The van der Waals surface area contributed by atoms with Crippen molar-refractivity contribution in [3.63, 3.8) is 0 Å². The SMILES string of the molecule is O=C(Nc1ccc(C(=O)N2CCC(C(=O)O)CC2)cc1)c1cncc(F)c1. The third-order valence-corrected chi connectivity index (χ3v) is 4.49. The van der Waals surface area contributed by atoms with Crippen molar-refractivity contribution in [1.82, 2.24) is 9.88 Å². The van der Waals surface area contributed by atoms with E-state index in [2.05, 4.69) is 10.3 Å². The largest absolute Gasteiger partial charge is 0.481 e. The Morgan fingerprint density at radius 2 is 1.74 bits per heavy atom. The van der Waals surface area contributed by atoms with E-state index >= 15 is 0 Å². The summed E-state index contributed by atoms with van der Waals surface area (Å²) in [6.07, 6.45) is 3.15. The molecule has 140 valence electrons. The monoisotopic (exact) mass is 371 g/mol. The molecule has 2 aromatic rings. The predicted molar refractivity (Wildman–Crippen MR) is 94.9 cm³/mol. The first kappa shape index (κ1) is 18.5. The number of rotatable bonds is 4. The van der Waals surface area contributed by atoms with E-state index in [0.29, 0.717) is 37.2 Å². The van der Waals surface area contributed by atoms with Crippen molar-refractivity contribution in [2.45, 2.75) is 12.8 Å². The zero-order valence-corrected chi connectivity index (χ0v) is 14.4. The summed E-state index contributed by atoms with van der Waals surface area (Å²) < 4.78 is 13.1. The second-order valence-corrected chi connectivity index (χ2v) is 6.33. The van der Waals surface area contributed by atoms with Crippen molar-refractivity contribution in [2.75, 3.05) is 18.4 Å². The number of carboxylic acids is 1. The maximum atomic E-state index is 13.1. The van der Waals surface area contributed by atoms with Gasteiger partial charge in [-0.2, -0.15) is 0 Å². The highest BCUT2D eigenvalue weighted by atomic mass is 19.1. The van der Waals surface area contributed by atoms with E-state index in [0.717, 1.165) is 12.3 Å². The van der Waals surface area contributed by atoms with Gasteiger partial charge in [-0.15, -0.1) is 0 Å². The second-order valence-electron chi connectivity index (χ2n) is 6.33. The fourth-order valence-corrected chi connectivity index (χ4v) is 2.95. The van der Waals surface area contributed by atoms with Gasteiger partial charge in [-0.1, -0.05) is 0 Å². The van der Waals surface area contributed by atoms with Crippen LogP contribution < -0.4 is 5.32 Å². The van der Waals surface area contributed by atoms with E-state index in [4.69, 9.17) is 5.11 Å². The molecule has 1 aromatic heterocycles. The molecule has 0 aliphatic carbocycles. The molecule has 2 amide bonds. The number of halogens is 1. The third-order valence-electron chi connectivity index (χ3n) is 4.49. The number of pyridine rings is 1. The van der Waals surface area contributed by atoms with Crippen LogP contribution in [0.1, 0.15) is 33.6 Å². The Labute approximate surface area is 154 Å². The van der Waals surface area contributed by atoms with E-state index in [1.807, 2.05) is 0 Å². The summed E-state index contributed by atoms with van der Waals surface area (Å²) >= 11 is 0. The Balaban J connectivity index is 1.61. The number of aromatic nitrogens is 1. The zero-order valence-electron chi connectivity index (χ0n) is 14.4. The van der Waals surface area contributed by atoms with Crippen LogP contribution in [0.5, 0.6) is 0 Å². The topological polar surface area (TPSA) is 99.6 Å². The first-order chi connectivity index (χ1) is 12.9. The summed E-state index contributed by atoms with van der Waals surface area (Å²) in [5.74, 6) is -2.50. The molecule has 2 heterocycles. The first-order valence-electron chi connectivity index (χ1n) is 8.48. The molecule has 0 radical (unpaired) electrons. The number of benzene rings is 1. The molecule has 1 aromatic carbocycles. The molecule has 0 spiro atoms. The van der Waals surface area contributed by atoms with Crippen molar-refractivity contribution in [3.05, 3.63) is 59.7 Å². The van der Waals surface area contributed by atoms with Crippen LogP contribution in [-0.4, -0.2) is 45.9 Å². The highest BCUT2D eigenvalue weighted by molar-refractivity contribution is 6.04. The molecule has 1 aliphatic heterocycles. The number of nitrogens with zero attached hydrogens (tertiary/aromatic N) is 2. The van der Waals surface area contributed by atoms with Gasteiger partial charge in [0.25, 0.3) is 11.8 Å². The van der Waals surface area contributed by atoms with Crippen molar-refractivity contribution in [1.29, 1.82) is 0 Å². The number of amides is 2. The molecule has 0 atom stereocenters. The van der Waals surface area contributed by atoms with Crippen LogP contribution in [0.3, 0.4) is 0 Å². The number of likely N-dealkylation sites (tertiary alicyclic amines) is 1. The quantitative estimate of drug-likeness (QED) is 0.860. The number of anilines is 1. The Morgan fingerprint density at radius 3 is 2.33 bits per heavy atom. The van der Waals surface area contributed by atoms with E-state index in [-0.39, 0.29) is 11.5 Å². The highest BCUT2D eigenvalue weighted by Gasteiger charge is 2.27. The lowest BCUT2D eigenvalue weighted by molar-refractivity contribution is -0.143. The maximum Gasteiger partial charge on any atom is 0.306 e. The average Bonchev–Trinajstić information content (AvgIpc) is 2.68. The van der Waals surface area contributed by atoms with Gasteiger partial charge in [0, 0.05) is 30.5 Å². The number of aliphatic carboxylic acids is 1. The number of hydrogen-bond acceptors (Lipinski definition) is 4. The maximum absolute atomic E-state index is 13.1. The van der Waals surface area contributed by atoms with Crippen LogP contribution in [0.15, 0.2) is 42.7 Å². The summed E-state index contributed by atoms with van der Waals surface area (Å²) in [5, 5.41) is 11.6. The molecule has 1 aliphatic rings. The lowest BCUT2D eigenvalue weighted by atomic mass is 9.96. The summed E-state index contributed by atoms with van der Waals surface area (Å²) in [5.41, 5.74) is 1.01. The van der Waals surface area contributed by atoms with Gasteiger partial charge in [0.2, 0.25) is 0 Å². The van der Waals surface area contributed by atoms with Gasteiger partial charge in [0.1, 0.15) is 5.82 Å². The van der Waals surface area contributed by atoms with Crippen LogP contribution in [0.25, 0.3) is 0 Å². The van der Waals surface area contributed by atoms with Crippen molar-refractivity contribution < 1.29 is 23.9 Å². The molecule has 0 saturated carbocycles. The molecule has 0 bridgehead atoms. The Morgan fingerprint density at radius 1 is 1.07 bits per heavy atom. The fraction of sp³-hybridized carbons (Fsp3) is 0.263. The summed E-state index contributed by atoms with van der Waals surface area (Å²) in [6.45, 7) is 0.807. The molecule has 0 unspecified atom stereocenters. The highest BCUT2D eigenvalue weighted by Crippen LogP contribution is 2.20. The Bertz CT molecular complexity index is 862. The molecule has 1 saturated heterocycles. The number of hydrogen-bond donors (Lipinski definition) is 2. The van der Waals surface area contributed by atoms with Gasteiger partial charge in [0.05, 0.1) is 17.7 Å². The van der Waals surface area contributed by atoms with Gasteiger partial charge in [-0.3, -0.25) is 19.4 Å². The predicted octanol–water partition coefficient (Wildman–Crippen LogP) is 2.41. The van der Waals surface area contributed by atoms with Crippen molar-refractivity contribution >= 4 is 23.5 Å². The van der Waals surface area contributed by atoms with E-state index < -0.39 is 23.6 Å². The van der Waals surface area contributed by atoms with Crippen LogP contribution in [0.2, 0.25) is 0 Å². The summed E-state index contributed by atoms with van der Waals surface area (Å²) in [4.78, 5) is 40.8. The van der Waals surface area contributed by atoms with Crippen molar-refractivity contribution in [2.24, 2.45) is 5.92 Å². The minimum absolute atomic E-state index is 0.0939. The standard InChI is InChI=1S/C19H18FN3O4/c20-15-9-14(10-21-11-15)17(24)22-16-3-1-12(2-4-16)18(25)23-7-5-13(6-8-23)19(26)27/h1-4,9-11,13H,5-8H2,(H,22,24)(H,26,27). The number of carboxylic acid groups (broad SMARTS) is 1. The Kier molecular flexibility index (Phi) is 5.44. The zero-order chi connectivity index (χ0) is 19.4. The number of carbonyl (C=O) groups excluding carboxylic acids is 2. The molecule has 7 nitrogen and oxygen atoms in total. The second kappa shape index (κ2) is 7.94. The first-order valence-corrected chi connectivity index (χ1v) is 8.48. The van der Waals surface area contributed by atoms with Crippen LogP contribution in [0.4, 0.5) is 10.1 Å². The van der Waals surface area contributed by atoms with Crippen LogP contribution in [0, 0.1) is 11.7 Å².